The lowest BCUT2D eigenvalue weighted by Crippen LogP contribution is -2.48. The number of allylic oxidation sites excluding steroid dienone is 1. The summed E-state index contributed by atoms with van der Waals surface area (Å²) in [4.78, 5) is 4.40. The first-order valence-corrected chi connectivity index (χ1v) is 11.1. The SMILES string of the molecule is C=C(Nc1ccc(Cl)cc1)C(C)C1CC2(CC(c3ccnc4ccc(F)cc34)C2)C1. The van der Waals surface area contributed by atoms with E-state index in [1.54, 1.807) is 12.1 Å². The molecule has 1 atom stereocenters. The molecular weight excluding hydrogens is 395 g/mol. The van der Waals surface area contributed by atoms with E-state index in [0.29, 0.717) is 23.2 Å². The van der Waals surface area contributed by atoms with Gasteiger partial charge in [-0.05, 0) is 103 Å². The summed E-state index contributed by atoms with van der Waals surface area (Å²) in [6.45, 7) is 6.56. The van der Waals surface area contributed by atoms with E-state index in [0.717, 1.165) is 27.3 Å². The Hall–Kier alpha value is -2.39. The largest absolute Gasteiger partial charge is 0.359 e. The van der Waals surface area contributed by atoms with Crippen molar-refractivity contribution < 1.29 is 4.39 Å². The summed E-state index contributed by atoms with van der Waals surface area (Å²) in [7, 11) is 0. The van der Waals surface area contributed by atoms with Crippen molar-refractivity contribution in [1.29, 1.82) is 0 Å². The predicted octanol–water partition coefficient (Wildman–Crippen LogP) is 7.56. The zero-order valence-electron chi connectivity index (χ0n) is 17.2. The third-order valence-corrected chi connectivity index (χ3v) is 7.58. The highest BCUT2D eigenvalue weighted by atomic mass is 35.5. The first kappa shape index (κ1) is 19.6. The van der Waals surface area contributed by atoms with Crippen molar-refractivity contribution in [3.8, 4) is 0 Å². The number of anilines is 1. The predicted molar refractivity (Wildman–Crippen MR) is 122 cm³/mol. The van der Waals surface area contributed by atoms with Crippen LogP contribution in [0.4, 0.5) is 10.1 Å². The van der Waals surface area contributed by atoms with Crippen LogP contribution in [-0.4, -0.2) is 4.98 Å². The molecule has 0 bridgehead atoms. The summed E-state index contributed by atoms with van der Waals surface area (Å²) in [6, 6.07) is 14.7. The quantitative estimate of drug-likeness (QED) is 0.460. The number of nitrogens with zero attached hydrogens (tertiary/aromatic N) is 1. The Morgan fingerprint density at radius 1 is 1.13 bits per heavy atom. The molecule has 0 aliphatic heterocycles. The summed E-state index contributed by atoms with van der Waals surface area (Å²) in [5.41, 5.74) is 4.72. The van der Waals surface area contributed by atoms with Gasteiger partial charge in [0.2, 0.25) is 0 Å². The van der Waals surface area contributed by atoms with Crippen molar-refractivity contribution in [2.24, 2.45) is 17.3 Å². The summed E-state index contributed by atoms with van der Waals surface area (Å²) in [5.74, 6) is 1.44. The number of halogens is 2. The van der Waals surface area contributed by atoms with E-state index < -0.39 is 0 Å². The Labute approximate surface area is 182 Å². The van der Waals surface area contributed by atoms with Gasteiger partial charge in [0.05, 0.1) is 5.52 Å². The smallest absolute Gasteiger partial charge is 0.123 e. The van der Waals surface area contributed by atoms with E-state index in [2.05, 4.69) is 29.9 Å². The van der Waals surface area contributed by atoms with Gasteiger partial charge in [0.1, 0.15) is 5.82 Å². The van der Waals surface area contributed by atoms with E-state index in [9.17, 15) is 4.39 Å². The normalized spacial score (nSPS) is 26.1. The van der Waals surface area contributed by atoms with E-state index in [4.69, 9.17) is 11.6 Å². The van der Waals surface area contributed by atoms with Gasteiger partial charge in [0, 0.05) is 28.0 Å². The van der Waals surface area contributed by atoms with Gasteiger partial charge < -0.3 is 5.32 Å². The minimum absolute atomic E-state index is 0.185. The highest BCUT2D eigenvalue weighted by Crippen LogP contribution is 2.66. The fourth-order valence-corrected chi connectivity index (χ4v) is 5.68. The molecule has 0 radical (unpaired) electrons. The second-order valence-electron chi connectivity index (χ2n) is 9.28. The van der Waals surface area contributed by atoms with Crippen LogP contribution in [0.2, 0.25) is 5.02 Å². The molecule has 2 aromatic carbocycles. The van der Waals surface area contributed by atoms with Crippen molar-refractivity contribution in [2.45, 2.75) is 38.5 Å². The molecule has 4 heteroatoms. The molecule has 1 N–H and O–H groups in total. The van der Waals surface area contributed by atoms with E-state index in [1.807, 2.05) is 30.5 Å². The van der Waals surface area contributed by atoms with Crippen molar-refractivity contribution in [3.63, 3.8) is 0 Å². The second-order valence-corrected chi connectivity index (χ2v) is 9.72. The molecule has 5 rings (SSSR count). The molecule has 0 amide bonds. The Kier molecular flexibility index (Phi) is 4.82. The van der Waals surface area contributed by atoms with Gasteiger partial charge in [0.25, 0.3) is 0 Å². The summed E-state index contributed by atoms with van der Waals surface area (Å²) in [5, 5.41) is 5.16. The molecule has 2 fully saturated rings. The van der Waals surface area contributed by atoms with E-state index in [-0.39, 0.29) is 5.82 Å². The van der Waals surface area contributed by atoms with Gasteiger partial charge in [-0.3, -0.25) is 4.98 Å². The van der Waals surface area contributed by atoms with Crippen LogP contribution in [0.15, 0.2) is 67.0 Å². The van der Waals surface area contributed by atoms with Crippen molar-refractivity contribution in [2.75, 3.05) is 5.32 Å². The monoisotopic (exact) mass is 420 g/mol. The van der Waals surface area contributed by atoms with Crippen LogP contribution in [0.25, 0.3) is 10.9 Å². The number of aromatic nitrogens is 1. The van der Waals surface area contributed by atoms with Crippen LogP contribution in [0.5, 0.6) is 0 Å². The number of hydrogen-bond donors (Lipinski definition) is 1. The van der Waals surface area contributed by atoms with Crippen LogP contribution in [-0.2, 0) is 0 Å². The maximum atomic E-state index is 13.8. The maximum absolute atomic E-state index is 13.8. The van der Waals surface area contributed by atoms with Crippen LogP contribution < -0.4 is 5.32 Å². The fourth-order valence-electron chi connectivity index (χ4n) is 5.56. The van der Waals surface area contributed by atoms with Gasteiger partial charge in [-0.2, -0.15) is 0 Å². The first-order valence-electron chi connectivity index (χ1n) is 10.7. The molecule has 2 aliphatic rings. The standard InChI is InChI=1S/C26H26ClFN2/c1-16(17(2)30-22-6-3-20(27)4-7-22)18-12-26(13-18)14-19(15-26)23-9-10-29-25-8-5-21(28)11-24(23)25/h3-11,16,18-19,30H,2,12-15H2,1H3. The molecule has 1 unspecified atom stereocenters. The van der Waals surface area contributed by atoms with E-state index >= 15 is 0 Å². The van der Waals surface area contributed by atoms with Crippen LogP contribution >= 0.6 is 11.6 Å². The Morgan fingerprint density at radius 3 is 2.60 bits per heavy atom. The molecule has 1 aromatic heterocycles. The second kappa shape index (κ2) is 7.39. The lowest BCUT2D eigenvalue weighted by Gasteiger charge is -2.59. The molecular formula is C26H26ClFN2. The molecule has 3 aromatic rings. The Morgan fingerprint density at radius 2 is 1.87 bits per heavy atom. The summed E-state index contributed by atoms with van der Waals surface area (Å²) < 4.78 is 13.8. The maximum Gasteiger partial charge on any atom is 0.123 e. The van der Waals surface area contributed by atoms with Gasteiger partial charge in [-0.1, -0.05) is 25.1 Å². The van der Waals surface area contributed by atoms with E-state index in [1.165, 1.54) is 37.3 Å². The van der Waals surface area contributed by atoms with Crippen LogP contribution in [0.1, 0.15) is 44.1 Å². The topological polar surface area (TPSA) is 24.9 Å². The Balaban J connectivity index is 1.19. The fraction of sp³-hybridized carbons (Fsp3) is 0.346. The third-order valence-electron chi connectivity index (χ3n) is 7.33. The van der Waals surface area contributed by atoms with Gasteiger partial charge in [-0.15, -0.1) is 0 Å². The zero-order valence-corrected chi connectivity index (χ0v) is 17.9. The first-order chi connectivity index (χ1) is 14.4. The minimum atomic E-state index is -0.185. The number of nitrogens with one attached hydrogen (secondary N) is 1. The average Bonchev–Trinajstić information content (AvgIpc) is 2.67. The number of fused-ring (bicyclic) bond motifs is 1. The number of rotatable bonds is 5. The van der Waals surface area contributed by atoms with Crippen molar-refractivity contribution in [1.82, 2.24) is 4.98 Å². The molecule has 154 valence electrons. The molecule has 1 spiro atoms. The van der Waals surface area contributed by atoms with Crippen LogP contribution in [0, 0.1) is 23.1 Å². The van der Waals surface area contributed by atoms with Gasteiger partial charge in [0.15, 0.2) is 0 Å². The zero-order chi connectivity index (χ0) is 20.9. The Bertz CT molecular complexity index is 1090. The number of hydrogen-bond acceptors (Lipinski definition) is 2. The molecule has 30 heavy (non-hydrogen) atoms. The summed E-state index contributed by atoms with van der Waals surface area (Å²) >= 11 is 5.97. The highest BCUT2D eigenvalue weighted by Gasteiger charge is 2.54. The molecule has 2 nitrogen and oxygen atoms in total. The highest BCUT2D eigenvalue weighted by molar-refractivity contribution is 6.30. The van der Waals surface area contributed by atoms with Crippen molar-refractivity contribution >= 4 is 28.2 Å². The molecule has 2 saturated carbocycles. The lowest BCUT2D eigenvalue weighted by atomic mass is 9.45. The molecule has 1 heterocycles. The number of pyridine rings is 1. The minimum Gasteiger partial charge on any atom is -0.359 e. The van der Waals surface area contributed by atoms with Crippen LogP contribution in [0.3, 0.4) is 0 Å². The third kappa shape index (κ3) is 3.50. The number of benzene rings is 2. The van der Waals surface area contributed by atoms with Crippen molar-refractivity contribution in [3.05, 3.63) is 83.4 Å². The summed E-state index contributed by atoms with van der Waals surface area (Å²) in [6.07, 6.45) is 6.76. The van der Waals surface area contributed by atoms with Gasteiger partial charge >= 0.3 is 0 Å². The molecule has 0 saturated heterocycles. The molecule has 2 aliphatic carbocycles. The lowest BCUT2D eigenvalue weighted by molar-refractivity contribution is -0.0556. The van der Waals surface area contributed by atoms with Gasteiger partial charge in [-0.25, -0.2) is 4.39 Å². The average molecular weight is 421 g/mol.